The number of carboxylic acid groups (broad SMARTS) is 1. The van der Waals surface area contributed by atoms with Gasteiger partial charge in [0.1, 0.15) is 0 Å². The molecule has 2 N–H and O–H groups in total. The number of aliphatic carboxylic acids is 1. The fraction of sp³-hybridized carbons (Fsp3) is 0.500. The SMILES string of the molecule is O=C(O)CC1CN(CCOCCO)c2ccccc21. The highest BCUT2D eigenvalue weighted by molar-refractivity contribution is 5.71. The molecular weight excluding hydrogens is 246 g/mol. The first-order chi connectivity index (χ1) is 9.22. The van der Waals surface area contributed by atoms with E-state index in [0.29, 0.717) is 26.3 Å². The van der Waals surface area contributed by atoms with Gasteiger partial charge in [-0.2, -0.15) is 0 Å². The number of rotatable bonds is 7. The van der Waals surface area contributed by atoms with Crippen molar-refractivity contribution in [1.29, 1.82) is 0 Å². The minimum Gasteiger partial charge on any atom is -0.481 e. The molecule has 0 radical (unpaired) electrons. The van der Waals surface area contributed by atoms with Crippen LogP contribution in [0.1, 0.15) is 17.9 Å². The molecule has 1 aliphatic heterocycles. The van der Waals surface area contributed by atoms with Crippen molar-refractivity contribution >= 4 is 11.7 Å². The first-order valence-electron chi connectivity index (χ1n) is 6.46. The zero-order valence-electron chi connectivity index (χ0n) is 10.8. The van der Waals surface area contributed by atoms with Crippen LogP contribution in [0, 0.1) is 0 Å². The van der Waals surface area contributed by atoms with Gasteiger partial charge in [-0.05, 0) is 11.6 Å². The first kappa shape index (κ1) is 13.8. The Morgan fingerprint density at radius 3 is 2.89 bits per heavy atom. The number of carbonyl (C=O) groups is 1. The maximum atomic E-state index is 10.9. The number of hydrogen-bond donors (Lipinski definition) is 2. The summed E-state index contributed by atoms with van der Waals surface area (Å²) < 4.78 is 5.27. The summed E-state index contributed by atoms with van der Waals surface area (Å²) in [5, 5.41) is 17.6. The molecule has 104 valence electrons. The van der Waals surface area contributed by atoms with Gasteiger partial charge in [0, 0.05) is 24.7 Å². The van der Waals surface area contributed by atoms with Crippen LogP contribution in [-0.4, -0.2) is 49.1 Å². The summed E-state index contributed by atoms with van der Waals surface area (Å²) in [6, 6.07) is 7.92. The lowest BCUT2D eigenvalue weighted by atomic mass is 9.98. The summed E-state index contributed by atoms with van der Waals surface area (Å²) in [5.41, 5.74) is 2.20. The summed E-state index contributed by atoms with van der Waals surface area (Å²) in [6.07, 6.45) is 0.158. The normalized spacial score (nSPS) is 17.5. The molecule has 19 heavy (non-hydrogen) atoms. The molecule has 1 aromatic rings. The molecule has 0 spiro atoms. The van der Waals surface area contributed by atoms with Crippen LogP contribution in [0.25, 0.3) is 0 Å². The Kier molecular flexibility index (Phi) is 4.76. The Bertz CT molecular complexity index is 435. The van der Waals surface area contributed by atoms with Crippen LogP contribution in [0.5, 0.6) is 0 Å². The molecule has 0 saturated carbocycles. The van der Waals surface area contributed by atoms with Gasteiger partial charge in [0.05, 0.1) is 26.2 Å². The number of hydrogen-bond acceptors (Lipinski definition) is 4. The molecule has 1 atom stereocenters. The van der Waals surface area contributed by atoms with Crippen molar-refractivity contribution in [3.05, 3.63) is 29.8 Å². The number of aliphatic hydroxyl groups is 1. The molecule has 0 aliphatic carbocycles. The van der Waals surface area contributed by atoms with E-state index in [1.54, 1.807) is 0 Å². The van der Waals surface area contributed by atoms with Crippen molar-refractivity contribution in [2.75, 3.05) is 37.8 Å². The predicted molar refractivity (Wildman–Crippen MR) is 71.6 cm³/mol. The fourth-order valence-corrected chi connectivity index (χ4v) is 2.52. The van der Waals surface area contributed by atoms with Crippen molar-refractivity contribution < 1.29 is 19.7 Å². The van der Waals surface area contributed by atoms with Crippen molar-refractivity contribution in [2.24, 2.45) is 0 Å². The third-order valence-corrected chi connectivity index (χ3v) is 3.32. The Morgan fingerprint density at radius 2 is 2.16 bits per heavy atom. The van der Waals surface area contributed by atoms with Gasteiger partial charge in [0.15, 0.2) is 0 Å². The van der Waals surface area contributed by atoms with E-state index in [9.17, 15) is 4.79 Å². The smallest absolute Gasteiger partial charge is 0.304 e. The van der Waals surface area contributed by atoms with E-state index in [-0.39, 0.29) is 18.9 Å². The fourth-order valence-electron chi connectivity index (χ4n) is 2.52. The zero-order chi connectivity index (χ0) is 13.7. The number of carboxylic acids is 1. The highest BCUT2D eigenvalue weighted by atomic mass is 16.5. The maximum absolute atomic E-state index is 10.9. The summed E-state index contributed by atoms with van der Waals surface area (Å²) in [6.45, 7) is 2.34. The van der Waals surface area contributed by atoms with E-state index >= 15 is 0 Å². The van der Waals surface area contributed by atoms with Gasteiger partial charge in [-0.25, -0.2) is 0 Å². The van der Waals surface area contributed by atoms with Gasteiger partial charge in [-0.15, -0.1) is 0 Å². The minimum absolute atomic E-state index is 0.0260. The lowest BCUT2D eigenvalue weighted by Crippen LogP contribution is -2.27. The second kappa shape index (κ2) is 6.54. The van der Waals surface area contributed by atoms with E-state index in [1.165, 1.54) is 0 Å². The Morgan fingerprint density at radius 1 is 1.37 bits per heavy atom. The number of fused-ring (bicyclic) bond motifs is 1. The molecule has 1 aromatic carbocycles. The quantitative estimate of drug-likeness (QED) is 0.722. The van der Waals surface area contributed by atoms with E-state index in [1.807, 2.05) is 24.3 Å². The number of benzene rings is 1. The van der Waals surface area contributed by atoms with Crippen LogP contribution in [0.3, 0.4) is 0 Å². The lowest BCUT2D eigenvalue weighted by Gasteiger charge is -2.19. The number of para-hydroxylation sites is 1. The first-order valence-corrected chi connectivity index (χ1v) is 6.46. The van der Waals surface area contributed by atoms with Gasteiger partial charge in [0.25, 0.3) is 0 Å². The summed E-state index contributed by atoms with van der Waals surface area (Å²) in [7, 11) is 0. The molecular formula is C14H19NO4. The third kappa shape index (κ3) is 3.45. The molecule has 1 heterocycles. The molecule has 2 rings (SSSR count). The minimum atomic E-state index is -0.766. The van der Waals surface area contributed by atoms with Gasteiger partial charge in [-0.1, -0.05) is 18.2 Å². The van der Waals surface area contributed by atoms with Gasteiger partial charge in [-0.3, -0.25) is 4.79 Å². The Hall–Kier alpha value is -1.59. The zero-order valence-corrected chi connectivity index (χ0v) is 10.8. The van der Waals surface area contributed by atoms with Crippen LogP contribution in [0.15, 0.2) is 24.3 Å². The predicted octanol–water partition coefficient (Wildman–Crippen LogP) is 1.07. The highest BCUT2D eigenvalue weighted by Gasteiger charge is 2.29. The van der Waals surface area contributed by atoms with Crippen LogP contribution in [0.2, 0.25) is 0 Å². The van der Waals surface area contributed by atoms with Crippen molar-refractivity contribution in [2.45, 2.75) is 12.3 Å². The largest absolute Gasteiger partial charge is 0.481 e. The van der Waals surface area contributed by atoms with E-state index < -0.39 is 5.97 Å². The second-order valence-corrected chi connectivity index (χ2v) is 4.64. The topological polar surface area (TPSA) is 70.0 Å². The molecule has 5 nitrogen and oxygen atoms in total. The maximum Gasteiger partial charge on any atom is 0.304 e. The van der Waals surface area contributed by atoms with Gasteiger partial charge < -0.3 is 19.8 Å². The third-order valence-electron chi connectivity index (χ3n) is 3.32. The number of ether oxygens (including phenoxy) is 1. The molecule has 1 unspecified atom stereocenters. The van der Waals surface area contributed by atoms with Crippen LogP contribution in [-0.2, 0) is 9.53 Å². The van der Waals surface area contributed by atoms with E-state index in [4.69, 9.17) is 14.9 Å². The molecule has 0 aromatic heterocycles. The molecule has 0 saturated heterocycles. The van der Waals surface area contributed by atoms with Crippen LogP contribution >= 0.6 is 0 Å². The number of anilines is 1. The molecule has 5 heteroatoms. The van der Waals surface area contributed by atoms with Crippen molar-refractivity contribution in [1.82, 2.24) is 0 Å². The van der Waals surface area contributed by atoms with Crippen molar-refractivity contribution in [3.63, 3.8) is 0 Å². The molecule has 0 fully saturated rings. The summed E-state index contributed by atoms with van der Waals surface area (Å²) in [4.78, 5) is 13.1. The number of aliphatic hydroxyl groups excluding tert-OH is 1. The monoisotopic (exact) mass is 265 g/mol. The van der Waals surface area contributed by atoms with Crippen LogP contribution < -0.4 is 4.90 Å². The Labute approximate surface area is 112 Å². The average Bonchev–Trinajstić information content (AvgIpc) is 2.73. The number of nitrogens with zero attached hydrogens (tertiary/aromatic N) is 1. The van der Waals surface area contributed by atoms with E-state index in [2.05, 4.69) is 4.90 Å². The summed E-state index contributed by atoms with van der Waals surface area (Å²) in [5.74, 6) is -0.718. The molecule has 0 amide bonds. The highest BCUT2D eigenvalue weighted by Crippen LogP contribution is 2.37. The summed E-state index contributed by atoms with van der Waals surface area (Å²) >= 11 is 0. The van der Waals surface area contributed by atoms with E-state index in [0.717, 1.165) is 11.3 Å². The van der Waals surface area contributed by atoms with Crippen molar-refractivity contribution in [3.8, 4) is 0 Å². The van der Waals surface area contributed by atoms with Gasteiger partial charge in [0.2, 0.25) is 0 Å². The Balaban J connectivity index is 2.00. The molecule has 1 aliphatic rings. The van der Waals surface area contributed by atoms with Crippen LogP contribution in [0.4, 0.5) is 5.69 Å². The molecule has 0 bridgehead atoms. The average molecular weight is 265 g/mol. The van der Waals surface area contributed by atoms with Gasteiger partial charge >= 0.3 is 5.97 Å². The lowest BCUT2D eigenvalue weighted by molar-refractivity contribution is -0.137. The second-order valence-electron chi connectivity index (χ2n) is 4.64. The standard InChI is InChI=1S/C14H19NO4/c16-6-8-19-7-5-15-10-11(9-14(17)18)12-3-1-2-4-13(12)15/h1-4,11,16H,5-10H2,(H,17,18).